The van der Waals surface area contributed by atoms with Gasteiger partial charge >= 0.3 is 14.4 Å². The summed E-state index contributed by atoms with van der Waals surface area (Å²) >= 11 is 0. The molecular weight excluding hydrogens is 278 g/mol. The molecule has 0 spiro atoms. The van der Waals surface area contributed by atoms with E-state index in [1.54, 1.807) is 0 Å². The third kappa shape index (κ3) is 9.77. The van der Waals surface area contributed by atoms with Gasteiger partial charge in [-0.15, -0.1) is 0 Å². The maximum Gasteiger partial charge on any atom is 0.433 e. The highest BCUT2D eigenvalue weighted by molar-refractivity contribution is 8.31. The zero-order valence-electron chi connectivity index (χ0n) is 6.87. The number of aromatic nitrogens is 1. The Hall–Kier alpha value is -0.530. The molecule has 0 saturated carbocycles. The second-order valence-electron chi connectivity index (χ2n) is 2.09. The molecule has 0 aliphatic heterocycles. The Morgan fingerprint density at radius 2 is 1.67 bits per heavy atom. The Bertz CT molecular complexity index is 385. The smallest absolute Gasteiger partial charge is 0.252 e. The summed E-state index contributed by atoms with van der Waals surface area (Å²) in [5.41, 5.74) is -0.852. The van der Waals surface area contributed by atoms with Gasteiger partial charge in [-0.2, -0.15) is 21.6 Å². The number of nitrogens with zero attached hydrogens (tertiary/aromatic N) is 1. The van der Waals surface area contributed by atoms with Crippen molar-refractivity contribution in [2.24, 2.45) is 0 Å². The highest BCUT2D eigenvalue weighted by Gasteiger charge is 2.31. The average Bonchev–Trinajstić information content (AvgIpc) is 2.01. The lowest BCUT2D eigenvalue weighted by molar-refractivity contribution is -0.141. The van der Waals surface area contributed by atoms with Crippen LogP contribution in [0.2, 0.25) is 0 Å². The van der Waals surface area contributed by atoms with E-state index in [-0.39, 0.29) is 0 Å². The lowest BCUT2D eigenvalue weighted by atomic mass is 10.3. The summed E-state index contributed by atoms with van der Waals surface area (Å²) in [6, 6.07) is 3.67. The molecule has 1 rings (SSSR count). The van der Waals surface area contributed by atoms with E-state index in [1.807, 2.05) is 0 Å². The van der Waals surface area contributed by atoms with Crippen molar-refractivity contribution < 1.29 is 21.6 Å². The topological polar surface area (TPSA) is 47.0 Å². The Morgan fingerprint density at radius 1 is 1.20 bits per heavy atom. The van der Waals surface area contributed by atoms with Crippen LogP contribution in [0.4, 0.5) is 13.2 Å². The van der Waals surface area contributed by atoms with Crippen molar-refractivity contribution in [1.29, 1.82) is 0 Å². The first kappa shape index (κ1) is 14.5. The van der Waals surface area contributed by atoms with Gasteiger partial charge in [-0.1, -0.05) is 6.07 Å². The molecule has 3 nitrogen and oxygen atoms in total. The van der Waals surface area contributed by atoms with Crippen LogP contribution >= 0.6 is 21.4 Å². The summed E-state index contributed by atoms with van der Waals surface area (Å²) in [6.07, 6.45) is -3.20. The molecule has 0 aromatic carbocycles. The van der Waals surface area contributed by atoms with Gasteiger partial charge in [0.2, 0.25) is 0 Å². The van der Waals surface area contributed by atoms with Crippen LogP contribution in [0.5, 0.6) is 0 Å². The molecule has 0 atom stereocenters. The van der Waals surface area contributed by atoms with Gasteiger partial charge in [-0.3, -0.25) is 4.98 Å². The number of hydrogen-bond acceptors (Lipinski definition) is 3. The predicted octanol–water partition coefficient (Wildman–Crippen LogP) is 2.81. The van der Waals surface area contributed by atoms with Crippen LogP contribution in [-0.4, -0.2) is 13.4 Å². The van der Waals surface area contributed by atoms with Gasteiger partial charge in [0.25, 0.3) is 0 Å². The van der Waals surface area contributed by atoms with Gasteiger partial charge < -0.3 is 0 Å². The van der Waals surface area contributed by atoms with Gasteiger partial charge in [-0.05, 0) is 12.1 Å². The molecule has 1 heterocycles. The van der Waals surface area contributed by atoms with Crippen molar-refractivity contribution in [3.63, 3.8) is 0 Å². The van der Waals surface area contributed by atoms with Crippen LogP contribution in [0.15, 0.2) is 24.4 Å². The molecule has 0 aliphatic rings. The first-order valence-corrected chi connectivity index (χ1v) is 6.36. The first-order chi connectivity index (χ1) is 6.61. The molecule has 15 heavy (non-hydrogen) atoms. The van der Waals surface area contributed by atoms with E-state index in [2.05, 4.69) is 26.3 Å². The summed E-state index contributed by atoms with van der Waals surface area (Å²) in [5.74, 6) is 0. The van der Waals surface area contributed by atoms with Crippen molar-refractivity contribution >= 4 is 29.6 Å². The second-order valence-corrected chi connectivity index (χ2v) is 5.76. The molecule has 0 bridgehead atoms. The van der Waals surface area contributed by atoms with Gasteiger partial charge in [0.15, 0.2) is 0 Å². The third-order valence-electron chi connectivity index (χ3n) is 0.955. The van der Waals surface area contributed by atoms with Crippen LogP contribution in [0, 0.1) is 0 Å². The van der Waals surface area contributed by atoms with Crippen molar-refractivity contribution in [2.75, 3.05) is 0 Å². The minimum absolute atomic E-state index is 0.852. The Labute approximate surface area is 92.8 Å². The van der Waals surface area contributed by atoms with Crippen molar-refractivity contribution in [1.82, 2.24) is 4.98 Å². The largest absolute Gasteiger partial charge is 0.433 e. The van der Waals surface area contributed by atoms with Crippen LogP contribution < -0.4 is 0 Å². The molecule has 0 fully saturated rings. The zero-order chi connectivity index (χ0) is 12.1. The van der Waals surface area contributed by atoms with Crippen LogP contribution in [-0.2, 0) is 14.4 Å². The van der Waals surface area contributed by atoms with Crippen molar-refractivity contribution in [2.45, 2.75) is 6.18 Å². The molecule has 9 heteroatoms. The van der Waals surface area contributed by atoms with Crippen molar-refractivity contribution in [3.05, 3.63) is 30.1 Å². The number of pyridine rings is 1. The van der Waals surface area contributed by atoms with Crippen molar-refractivity contribution in [3.8, 4) is 0 Å². The van der Waals surface area contributed by atoms with E-state index in [1.165, 1.54) is 12.1 Å². The summed E-state index contributed by atoms with van der Waals surface area (Å²) in [7, 11) is 4.81. The minimum Gasteiger partial charge on any atom is -0.252 e. The number of alkyl halides is 3. The maximum atomic E-state index is 11.7. The van der Waals surface area contributed by atoms with Gasteiger partial charge in [0.05, 0.1) is 0 Å². The number of rotatable bonds is 0. The fraction of sp³-hybridized carbons (Fsp3) is 0.167. The molecular formula is C6H4Cl2F3NO2S. The SMILES string of the molecule is FC(F)(F)c1ccccn1.O=S(=O)(Cl)Cl. The van der Waals surface area contributed by atoms with E-state index in [9.17, 15) is 13.2 Å². The van der Waals surface area contributed by atoms with Gasteiger partial charge in [0, 0.05) is 27.6 Å². The van der Waals surface area contributed by atoms with Crippen LogP contribution in [0.1, 0.15) is 5.69 Å². The van der Waals surface area contributed by atoms with Gasteiger partial charge in [-0.25, -0.2) is 0 Å². The Morgan fingerprint density at radius 3 is 1.87 bits per heavy atom. The first-order valence-electron chi connectivity index (χ1n) is 3.23. The highest BCUT2D eigenvalue weighted by Crippen LogP contribution is 2.26. The normalized spacial score (nSPS) is 11.5. The maximum absolute atomic E-state index is 11.7. The van der Waals surface area contributed by atoms with E-state index in [0.717, 1.165) is 12.3 Å². The second kappa shape index (κ2) is 5.53. The monoisotopic (exact) mass is 281 g/mol. The fourth-order valence-electron chi connectivity index (χ4n) is 0.530. The van der Waals surface area contributed by atoms with Crippen LogP contribution in [0.3, 0.4) is 0 Å². The summed E-state index contributed by atoms with van der Waals surface area (Å²) in [5, 5.41) is 0. The zero-order valence-corrected chi connectivity index (χ0v) is 9.20. The average molecular weight is 282 g/mol. The molecule has 0 radical (unpaired) electrons. The Kier molecular flexibility index (Phi) is 5.33. The Balaban J connectivity index is 0.000000336. The van der Waals surface area contributed by atoms with Gasteiger partial charge in [0.1, 0.15) is 5.69 Å². The summed E-state index contributed by atoms with van der Waals surface area (Å²) < 4.78 is 53.5. The minimum atomic E-state index is -4.32. The highest BCUT2D eigenvalue weighted by atomic mass is 36.0. The van der Waals surface area contributed by atoms with E-state index >= 15 is 0 Å². The molecule has 0 unspecified atom stereocenters. The molecule has 0 aliphatic carbocycles. The number of halogens is 5. The molecule has 0 amide bonds. The third-order valence-corrected chi connectivity index (χ3v) is 0.955. The number of hydrogen-bond donors (Lipinski definition) is 0. The molecule has 0 saturated heterocycles. The lowest BCUT2D eigenvalue weighted by Gasteiger charge is -2.02. The summed E-state index contributed by atoms with van der Waals surface area (Å²) in [6.45, 7) is 0. The quantitative estimate of drug-likeness (QED) is 0.687. The fourth-order valence-corrected chi connectivity index (χ4v) is 0.530. The van der Waals surface area contributed by atoms with E-state index in [0.29, 0.717) is 0 Å². The molecule has 0 N–H and O–H groups in total. The standard InChI is InChI=1S/C6H4F3N.Cl2O2S/c7-6(8,9)5-3-1-2-4-10-5;1-5(2,3)4/h1-4H;. The van der Waals surface area contributed by atoms with E-state index < -0.39 is 20.1 Å². The van der Waals surface area contributed by atoms with Crippen LogP contribution in [0.25, 0.3) is 0 Å². The summed E-state index contributed by atoms with van der Waals surface area (Å²) in [4.78, 5) is 3.12. The predicted molar refractivity (Wildman–Crippen MR) is 49.9 cm³/mol. The lowest BCUT2D eigenvalue weighted by Crippen LogP contribution is -2.06. The van der Waals surface area contributed by atoms with E-state index in [4.69, 9.17) is 8.42 Å². The molecule has 1 aromatic rings. The molecule has 1 aromatic heterocycles. The molecule has 86 valence electrons.